The van der Waals surface area contributed by atoms with Crippen molar-refractivity contribution in [2.75, 3.05) is 8.46 Å². The van der Waals surface area contributed by atoms with Gasteiger partial charge < -0.3 is 8.46 Å². The molecule has 0 N–H and O–H groups in total. The Balaban J connectivity index is 1.68. The Kier molecular flexibility index (Phi) is 10.2. The van der Waals surface area contributed by atoms with E-state index in [1.165, 1.54) is 33.4 Å². The van der Waals surface area contributed by atoms with Crippen molar-refractivity contribution in [2.45, 2.75) is 41.5 Å². The first-order chi connectivity index (χ1) is 26.2. The summed E-state index contributed by atoms with van der Waals surface area (Å²) in [4.78, 5) is 0. The van der Waals surface area contributed by atoms with Crippen LogP contribution in [0.5, 0.6) is 0 Å². The monoisotopic (exact) mass is 726 g/mol. The molecule has 6 aromatic rings. The van der Waals surface area contributed by atoms with Gasteiger partial charge in [0.05, 0.1) is 0 Å². The number of rotatable bonds is 2. The van der Waals surface area contributed by atoms with E-state index < -0.39 is 16.8 Å². The molecule has 1 aliphatic rings. The first-order valence-corrected chi connectivity index (χ1v) is 22.1. The fourth-order valence-corrected chi connectivity index (χ4v) is 18.6. The predicted molar refractivity (Wildman–Crippen MR) is 231 cm³/mol. The number of anilines is 2. The molecule has 0 amide bonds. The zero-order chi connectivity index (χ0) is 37.7. The molecule has 0 spiro atoms. The normalized spacial score (nSPS) is 13.4. The van der Waals surface area contributed by atoms with Crippen molar-refractivity contribution >= 4 is 28.2 Å². The molecule has 0 saturated carbocycles. The van der Waals surface area contributed by atoms with Crippen LogP contribution >= 0.6 is 0 Å². The number of hydrogen-bond donors (Lipinski definition) is 0. The highest BCUT2D eigenvalue weighted by molar-refractivity contribution is 7.32. The highest BCUT2D eigenvalue weighted by Crippen LogP contribution is 2.49. The summed E-state index contributed by atoms with van der Waals surface area (Å²) in [6.07, 6.45) is 0. The van der Waals surface area contributed by atoms with Crippen LogP contribution < -0.4 is 8.46 Å². The molecule has 7 rings (SSSR count). The molecule has 6 aromatic carbocycles. The van der Waals surface area contributed by atoms with E-state index in [4.69, 9.17) is 0 Å². The van der Waals surface area contributed by atoms with Gasteiger partial charge in [-0.3, -0.25) is 0 Å². The molecule has 4 heteroatoms. The molecular formula is C50H42N2Si2. The fraction of sp³-hybridized carbons (Fsp3) is 0.120. The van der Waals surface area contributed by atoms with E-state index in [-0.39, 0.29) is 0 Å². The highest BCUT2D eigenvalue weighted by Gasteiger charge is 2.73. The lowest BCUT2D eigenvalue weighted by atomic mass is 10.1. The van der Waals surface area contributed by atoms with Crippen LogP contribution in [0.3, 0.4) is 0 Å². The van der Waals surface area contributed by atoms with Gasteiger partial charge in [-0.25, -0.2) is 0 Å². The Morgan fingerprint density at radius 3 is 0.778 bits per heavy atom. The maximum absolute atomic E-state index is 3.97. The van der Waals surface area contributed by atoms with Crippen molar-refractivity contribution in [3.63, 3.8) is 0 Å². The molecule has 0 bridgehead atoms. The molecular weight excluding hydrogens is 685 g/mol. The third-order valence-electron chi connectivity index (χ3n) is 9.63. The van der Waals surface area contributed by atoms with Crippen LogP contribution in [0.4, 0.5) is 11.4 Å². The molecule has 0 aliphatic carbocycles. The Morgan fingerprint density at radius 1 is 0.333 bits per heavy atom. The molecule has 0 radical (unpaired) electrons. The minimum atomic E-state index is -3.42. The van der Waals surface area contributed by atoms with Gasteiger partial charge in [-0.1, -0.05) is 154 Å². The lowest BCUT2D eigenvalue weighted by Crippen LogP contribution is -2.95. The zero-order valence-electron chi connectivity index (χ0n) is 31.8. The second-order valence-electron chi connectivity index (χ2n) is 14.0. The van der Waals surface area contributed by atoms with Crippen LogP contribution in [-0.2, 0) is 0 Å². The summed E-state index contributed by atoms with van der Waals surface area (Å²) in [5.74, 6) is 14.6. The number of benzene rings is 6. The number of nitrogens with zero attached hydrogens (tertiary/aromatic N) is 2. The van der Waals surface area contributed by atoms with E-state index in [0.717, 1.165) is 33.6 Å². The Morgan fingerprint density at radius 2 is 0.556 bits per heavy atom. The standard InChI is InChI=1S/C50H42N2Si2/c1-39-35-41(3)49(42(4)36-39)51-53(31-27-45-19-11-7-12-20-45,32-28-46-21-13-8-14-22-46)52(50-43(5)37-40(2)38-44(50)6)54(51,33-29-47-23-15-9-16-24-47)34-30-48-25-17-10-18-26-48/h7-26,35-38H,1-6H3. The summed E-state index contributed by atoms with van der Waals surface area (Å²) in [7, 11) is -6.84. The maximum Gasteiger partial charge on any atom is 0.421 e. The molecule has 1 fully saturated rings. The third-order valence-corrected chi connectivity index (χ3v) is 18.9. The average Bonchev–Trinajstić information content (AvgIpc) is 3.17. The molecule has 260 valence electrons. The minimum absolute atomic E-state index is 0.949. The summed E-state index contributed by atoms with van der Waals surface area (Å²) in [6.45, 7) is 13.2. The second kappa shape index (κ2) is 15.3. The Labute approximate surface area is 323 Å². The minimum Gasteiger partial charge on any atom is -0.353 e. The van der Waals surface area contributed by atoms with E-state index >= 15 is 0 Å². The lowest BCUT2D eigenvalue weighted by molar-refractivity contribution is 1.17. The van der Waals surface area contributed by atoms with Gasteiger partial charge in [-0.15, -0.1) is 0 Å². The Hall–Kier alpha value is -6.41. The molecule has 0 unspecified atom stereocenters. The van der Waals surface area contributed by atoms with Gasteiger partial charge in [-0.05, 0) is 112 Å². The van der Waals surface area contributed by atoms with Crippen molar-refractivity contribution in [2.24, 2.45) is 0 Å². The number of hydrogen-bond acceptors (Lipinski definition) is 2. The van der Waals surface area contributed by atoms with Gasteiger partial charge >= 0.3 is 16.8 Å². The molecule has 2 nitrogen and oxygen atoms in total. The summed E-state index contributed by atoms with van der Waals surface area (Å²) in [6, 6.07) is 50.2. The van der Waals surface area contributed by atoms with Crippen LogP contribution in [0.2, 0.25) is 0 Å². The molecule has 0 atom stereocenters. The lowest BCUT2D eigenvalue weighted by Gasteiger charge is -2.64. The SMILES string of the molecule is Cc1cc(C)c(N2[Si](C#Cc3ccccc3)(C#Cc3ccccc3)N(c3c(C)cc(C)cc3C)[Si]2(C#Cc2ccccc2)C#Cc2ccccc2)c(C)c1. The van der Waals surface area contributed by atoms with Crippen LogP contribution in [-0.4, -0.2) is 16.8 Å². The predicted octanol–water partition coefficient (Wildman–Crippen LogP) is 10.1. The first-order valence-electron chi connectivity index (χ1n) is 18.3. The van der Waals surface area contributed by atoms with Crippen LogP contribution in [0.1, 0.15) is 55.6 Å². The molecule has 1 saturated heterocycles. The number of aryl methyl sites for hydroxylation is 6. The highest BCUT2D eigenvalue weighted by atomic mass is 28.5. The summed E-state index contributed by atoms with van der Waals surface area (Å²) < 4.78 is 5.17. The van der Waals surface area contributed by atoms with Crippen molar-refractivity contribution in [3.05, 3.63) is 201 Å². The van der Waals surface area contributed by atoms with Crippen LogP contribution in [0.15, 0.2) is 146 Å². The third kappa shape index (κ3) is 7.03. The molecule has 0 aromatic heterocycles. The van der Waals surface area contributed by atoms with Crippen LogP contribution in [0.25, 0.3) is 0 Å². The van der Waals surface area contributed by atoms with Crippen molar-refractivity contribution in [1.82, 2.24) is 0 Å². The van der Waals surface area contributed by atoms with E-state index in [9.17, 15) is 0 Å². The van der Waals surface area contributed by atoms with Crippen molar-refractivity contribution in [3.8, 4) is 45.9 Å². The van der Waals surface area contributed by atoms with Crippen LogP contribution in [0, 0.1) is 87.4 Å². The topological polar surface area (TPSA) is 6.48 Å². The molecule has 54 heavy (non-hydrogen) atoms. The molecule has 1 aliphatic heterocycles. The maximum atomic E-state index is 3.97. The fourth-order valence-electron chi connectivity index (χ4n) is 7.55. The van der Waals surface area contributed by atoms with Gasteiger partial charge in [0.15, 0.2) is 0 Å². The van der Waals surface area contributed by atoms with Gasteiger partial charge in [-0.2, -0.15) is 0 Å². The Bertz CT molecular complexity index is 2230. The quantitative estimate of drug-likeness (QED) is 0.130. The molecule has 1 heterocycles. The van der Waals surface area contributed by atoms with Crippen molar-refractivity contribution < 1.29 is 0 Å². The zero-order valence-corrected chi connectivity index (χ0v) is 33.8. The average molecular weight is 727 g/mol. The van der Waals surface area contributed by atoms with Gasteiger partial charge in [0.25, 0.3) is 0 Å². The van der Waals surface area contributed by atoms with Crippen molar-refractivity contribution in [1.29, 1.82) is 0 Å². The summed E-state index contributed by atoms with van der Waals surface area (Å²) in [5, 5.41) is 0. The van der Waals surface area contributed by atoms with Gasteiger partial charge in [0.1, 0.15) is 0 Å². The van der Waals surface area contributed by atoms with Gasteiger partial charge in [0.2, 0.25) is 0 Å². The van der Waals surface area contributed by atoms with E-state index in [1.807, 2.05) is 72.8 Å². The smallest absolute Gasteiger partial charge is 0.353 e. The van der Waals surface area contributed by atoms with E-state index in [2.05, 4.69) is 169 Å². The van der Waals surface area contributed by atoms with E-state index in [0.29, 0.717) is 0 Å². The largest absolute Gasteiger partial charge is 0.421 e. The summed E-state index contributed by atoms with van der Waals surface area (Å²) in [5.41, 5.74) is 29.1. The van der Waals surface area contributed by atoms with Gasteiger partial charge in [0, 0.05) is 33.6 Å². The first kappa shape index (κ1) is 36.0. The second-order valence-corrected chi connectivity index (χ2v) is 20.3. The van der Waals surface area contributed by atoms with E-state index in [1.54, 1.807) is 0 Å². The summed E-state index contributed by atoms with van der Waals surface area (Å²) >= 11 is 0.